The van der Waals surface area contributed by atoms with Gasteiger partial charge in [0.2, 0.25) is 0 Å². The van der Waals surface area contributed by atoms with E-state index in [0.717, 1.165) is 24.5 Å². The summed E-state index contributed by atoms with van der Waals surface area (Å²) in [5.74, 6) is 0.906. The van der Waals surface area contributed by atoms with Crippen molar-refractivity contribution in [1.82, 2.24) is 9.88 Å². The summed E-state index contributed by atoms with van der Waals surface area (Å²) in [7, 11) is 2.06. The monoisotopic (exact) mass is 249 g/mol. The number of nitrogens with zero attached hydrogens (tertiary/aromatic N) is 3. The first-order valence-electron chi connectivity index (χ1n) is 6.76. The van der Waals surface area contributed by atoms with Crippen molar-refractivity contribution in [2.45, 2.75) is 32.4 Å². The number of aromatic nitrogens is 1. The van der Waals surface area contributed by atoms with Crippen LogP contribution in [0.3, 0.4) is 0 Å². The molecule has 1 N–H and O–H groups in total. The number of aliphatic hydroxyl groups is 1. The number of hydrogen-bond acceptors (Lipinski definition) is 4. The van der Waals surface area contributed by atoms with E-state index in [1.54, 1.807) is 6.20 Å². The van der Waals surface area contributed by atoms with Crippen molar-refractivity contribution in [2.75, 3.05) is 31.6 Å². The zero-order valence-electron chi connectivity index (χ0n) is 11.3. The van der Waals surface area contributed by atoms with Gasteiger partial charge in [-0.25, -0.2) is 4.98 Å². The molecule has 0 radical (unpaired) electrons. The highest BCUT2D eigenvalue weighted by atomic mass is 16.3. The topological polar surface area (TPSA) is 39.6 Å². The maximum Gasteiger partial charge on any atom is 0.133 e. The van der Waals surface area contributed by atoms with E-state index in [0.29, 0.717) is 6.04 Å². The van der Waals surface area contributed by atoms with E-state index in [4.69, 9.17) is 0 Å². The van der Waals surface area contributed by atoms with E-state index in [1.807, 2.05) is 12.1 Å². The van der Waals surface area contributed by atoms with E-state index in [9.17, 15) is 5.11 Å². The Kier molecular flexibility index (Phi) is 4.55. The van der Waals surface area contributed by atoms with E-state index >= 15 is 0 Å². The third kappa shape index (κ3) is 2.82. The molecule has 2 heterocycles. The molecule has 1 aromatic rings. The van der Waals surface area contributed by atoms with Crippen LogP contribution in [-0.4, -0.2) is 47.7 Å². The molecule has 1 saturated heterocycles. The molecule has 1 unspecified atom stereocenters. The standard InChI is InChI=1S/C14H23N3O/c1-3-17-9-5-7-13(17)10-16(2)14-12(11-18)6-4-8-15-14/h4,6,8,13,18H,3,5,7,9-11H2,1-2H3. The number of anilines is 1. The van der Waals surface area contributed by atoms with Crippen molar-refractivity contribution >= 4 is 5.82 Å². The van der Waals surface area contributed by atoms with E-state index in [1.165, 1.54) is 19.4 Å². The van der Waals surface area contributed by atoms with Crippen LogP contribution >= 0.6 is 0 Å². The number of hydrogen-bond donors (Lipinski definition) is 1. The van der Waals surface area contributed by atoms with Crippen LogP contribution < -0.4 is 4.90 Å². The average molecular weight is 249 g/mol. The van der Waals surface area contributed by atoms with Gasteiger partial charge in [-0.15, -0.1) is 0 Å². The maximum atomic E-state index is 9.35. The first-order valence-corrected chi connectivity index (χ1v) is 6.76. The molecule has 0 aliphatic carbocycles. The SMILES string of the molecule is CCN1CCCC1CN(C)c1ncccc1CO. The smallest absolute Gasteiger partial charge is 0.133 e. The van der Waals surface area contributed by atoms with Crippen molar-refractivity contribution in [3.8, 4) is 0 Å². The largest absolute Gasteiger partial charge is 0.392 e. The van der Waals surface area contributed by atoms with Crippen LogP contribution in [0.25, 0.3) is 0 Å². The Hall–Kier alpha value is -1.13. The fraction of sp³-hybridized carbons (Fsp3) is 0.643. The van der Waals surface area contributed by atoms with Crippen LogP contribution in [0.4, 0.5) is 5.82 Å². The minimum absolute atomic E-state index is 0.0513. The average Bonchev–Trinajstić information content (AvgIpc) is 2.85. The molecule has 0 bridgehead atoms. The zero-order chi connectivity index (χ0) is 13.0. The first-order chi connectivity index (χ1) is 8.76. The second kappa shape index (κ2) is 6.16. The number of rotatable bonds is 5. The van der Waals surface area contributed by atoms with Gasteiger partial charge in [0.15, 0.2) is 0 Å². The minimum Gasteiger partial charge on any atom is -0.392 e. The van der Waals surface area contributed by atoms with Crippen molar-refractivity contribution in [3.63, 3.8) is 0 Å². The van der Waals surface area contributed by atoms with E-state index in [2.05, 4.69) is 28.8 Å². The summed E-state index contributed by atoms with van der Waals surface area (Å²) in [6.45, 7) is 5.59. The van der Waals surface area contributed by atoms with Crippen LogP contribution in [0.15, 0.2) is 18.3 Å². The quantitative estimate of drug-likeness (QED) is 0.858. The Morgan fingerprint density at radius 3 is 3.11 bits per heavy atom. The van der Waals surface area contributed by atoms with Gasteiger partial charge in [0.05, 0.1) is 6.61 Å². The van der Waals surface area contributed by atoms with Gasteiger partial charge in [0.1, 0.15) is 5.82 Å². The molecule has 1 aliphatic rings. The Balaban J connectivity index is 2.05. The number of likely N-dealkylation sites (N-methyl/N-ethyl adjacent to an activating group) is 2. The molecule has 1 aliphatic heterocycles. The lowest BCUT2D eigenvalue weighted by molar-refractivity contribution is 0.268. The number of likely N-dealkylation sites (tertiary alicyclic amines) is 1. The third-order valence-electron chi connectivity index (χ3n) is 3.79. The van der Waals surface area contributed by atoms with Gasteiger partial charge in [0.25, 0.3) is 0 Å². The van der Waals surface area contributed by atoms with Gasteiger partial charge >= 0.3 is 0 Å². The summed E-state index contributed by atoms with van der Waals surface area (Å²) in [5.41, 5.74) is 0.904. The van der Waals surface area contributed by atoms with E-state index in [-0.39, 0.29) is 6.61 Å². The molecular formula is C14H23N3O. The predicted octanol–water partition coefficient (Wildman–Crippen LogP) is 1.49. The Morgan fingerprint density at radius 2 is 2.39 bits per heavy atom. The lowest BCUT2D eigenvalue weighted by Crippen LogP contribution is -2.39. The van der Waals surface area contributed by atoms with Gasteiger partial charge in [-0.2, -0.15) is 0 Å². The summed E-state index contributed by atoms with van der Waals surface area (Å²) in [5, 5.41) is 9.35. The lowest BCUT2D eigenvalue weighted by atomic mass is 10.2. The van der Waals surface area contributed by atoms with Gasteiger partial charge in [0, 0.05) is 31.4 Å². The summed E-state index contributed by atoms with van der Waals surface area (Å²) in [4.78, 5) is 9.09. The van der Waals surface area contributed by atoms with E-state index < -0.39 is 0 Å². The molecule has 2 rings (SSSR count). The van der Waals surface area contributed by atoms with Crippen molar-refractivity contribution in [2.24, 2.45) is 0 Å². The summed E-state index contributed by atoms with van der Waals surface area (Å²) >= 11 is 0. The molecule has 4 heteroatoms. The van der Waals surface area contributed by atoms with Gasteiger partial charge in [-0.1, -0.05) is 13.0 Å². The summed E-state index contributed by atoms with van der Waals surface area (Å²) in [6, 6.07) is 4.43. The van der Waals surface area contributed by atoms with Crippen LogP contribution in [0, 0.1) is 0 Å². The van der Waals surface area contributed by atoms with Crippen LogP contribution in [-0.2, 0) is 6.61 Å². The molecule has 0 aromatic carbocycles. The predicted molar refractivity (Wildman–Crippen MR) is 73.7 cm³/mol. The molecule has 0 saturated carbocycles. The Morgan fingerprint density at radius 1 is 1.56 bits per heavy atom. The maximum absolute atomic E-state index is 9.35. The third-order valence-corrected chi connectivity index (χ3v) is 3.79. The van der Waals surface area contributed by atoms with Crippen molar-refractivity contribution in [3.05, 3.63) is 23.9 Å². The highest BCUT2D eigenvalue weighted by molar-refractivity contribution is 5.45. The summed E-state index contributed by atoms with van der Waals surface area (Å²) in [6.07, 6.45) is 4.35. The Bertz CT molecular complexity index is 383. The van der Waals surface area contributed by atoms with Crippen LogP contribution in [0.5, 0.6) is 0 Å². The number of pyridine rings is 1. The molecule has 0 amide bonds. The highest BCUT2D eigenvalue weighted by Crippen LogP contribution is 2.21. The molecule has 1 aromatic heterocycles. The second-order valence-electron chi connectivity index (χ2n) is 4.95. The van der Waals surface area contributed by atoms with Crippen molar-refractivity contribution < 1.29 is 5.11 Å². The summed E-state index contributed by atoms with van der Waals surface area (Å²) < 4.78 is 0. The van der Waals surface area contributed by atoms with Gasteiger partial charge < -0.3 is 10.0 Å². The van der Waals surface area contributed by atoms with Crippen LogP contribution in [0.1, 0.15) is 25.3 Å². The molecule has 1 fully saturated rings. The lowest BCUT2D eigenvalue weighted by Gasteiger charge is -2.29. The minimum atomic E-state index is 0.0513. The molecule has 1 atom stereocenters. The first kappa shape index (κ1) is 13.3. The zero-order valence-corrected chi connectivity index (χ0v) is 11.3. The van der Waals surface area contributed by atoms with Gasteiger partial charge in [-0.05, 0) is 32.0 Å². The second-order valence-corrected chi connectivity index (χ2v) is 4.95. The van der Waals surface area contributed by atoms with Gasteiger partial charge in [-0.3, -0.25) is 4.90 Å². The molecule has 18 heavy (non-hydrogen) atoms. The van der Waals surface area contributed by atoms with Crippen LogP contribution in [0.2, 0.25) is 0 Å². The fourth-order valence-corrected chi connectivity index (χ4v) is 2.82. The fourth-order valence-electron chi connectivity index (χ4n) is 2.82. The molecule has 4 nitrogen and oxygen atoms in total. The van der Waals surface area contributed by atoms with Crippen molar-refractivity contribution in [1.29, 1.82) is 0 Å². The molecule has 0 spiro atoms. The number of aliphatic hydroxyl groups excluding tert-OH is 1. The Labute approximate surface area is 109 Å². The molecular weight excluding hydrogens is 226 g/mol. The normalized spacial score (nSPS) is 20.3. The highest BCUT2D eigenvalue weighted by Gasteiger charge is 2.24. The molecule has 100 valence electrons.